The number of rotatable bonds is 7. The topological polar surface area (TPSA) is 64.8 Å². The van der Waals surface area contributed by atoms with E-state index in [0.29, 0.717) is 23.7 Å². The number of para-hydroxylation sites is 1. The summed E-state index contributed by atoms with van der Waals surface area (Å²) in [7, 11) is 1.59. The van der Waals surface area contributed by atoms with E-state index in [1.807, 2.05) is 75.4 Å². The molecule has 0 saturated carbocycles. The molecule has 2 aromatic carbocycles. The molecule has 0 bridgehead atoms. The van der Waals surface area contributed by atoms with Gasteiger partial charge in [0, 0.05) is 17.1 Å². The molecule has 3 rings (SSSR count). The van der Waals surface area contributed by atoms with Gasteiger partial charge < -0.3 is 14.0 Å². The van der Waals surface area contributed by atoms with Crippen molar-refractivity contribution >= 4 is 12.1 Å². The molecule has 6 heteroatoms. The van der Waals surface area contributed by atoms with Crippen LogP contribution in [-0.4, -0.2) is 30.4 Å². The van der Waals surface area contributed by atoms with Crippen molar-refractivity contribution in [2.45, 2.75) is 20.8 Å². The Balaban J connectivity index is 1.75. The molecule has 1 N–H and O–H groups in total. The number of aromatic nitrogens is 1. The number of ether oxygens (including phenoxy) is 2. The highest BCUT2D eigenvalue weighted by Gasteiger charge is 2.16. The second-order valence-electron chi connectivity index (χ2n) is 6.50. The van der Waals surface area contributed by atoms with Crippen molar-refractivity contribution < 1.29 is 14.3 Å². The number of nitrogens with one attached hydrogen (secondary N) is 1. The van der Waals surface area contributed by atoms with Gasteiger partial charge in [-0.2, -0.15) is 5.10 Å². The van der Waals surface area contributed by atoms with Crippen LogP contribution in [0.2, 0.25) is 0 Å². The fourth-order valence-corrected chi connectivity index (χ4v) is 3.23. The molecule has 150 valence electrons. The Kier molecular flexibility index (Phi) is 6.34. The van der Waals surface area contributed by atoms with Crippen LogP contribution in [0.15, 0.2) is 59.7 Å². The Labute approximate surface area is 170 Å². The van der Waals surface area contributed by atoms with Crippen molar-refractivity contribution in [1.29, 1.82) is 0 Å². The highest BCUT2D eigenvalue weighted by atomic mass is 16.5. The van der Waals surface area contributed by atoms with Crippen molar-refractivity contribution in [2.24, 2.45) is 5.10 Å². The predicted octanol–water partition coefficient (Wildman–Crippen LogP) is 4.27. The van der Waals surface area contributed by atoms with E-state index in [0.717, 1.165) is 22.6 Å². The fourth-order valence-electron chi connectivity index (χ4n) is 3.23. The number of nitrogens with zero attached hydrogens (tertiary/aromatic N) is 2. The molecule has 1 aromatic heterocycles. The lowest BCUT2D eigenvalue weighted by Gasteiger charge is -2.09. The number of amides is 1. The Morgan fingerprint density at radius 1 is 1.10 bits per heavy atom. The lowest BCUT2D eigenvalue weighted by molar-refractivity contribution is 0.0954. The Bertz CT molecular complexity index is 1020. The number of carbonyl (C=O) groups excluding carboxylic acids is 1. The van der Waals surface area contributed by atoms with Gasteiger partial charge in [0.05, 0.1) is 25.5 Å². The summed E-state index contributed by atoms with van der Waals surface area (Å²) in [6.07, 6.45) is 1.58. The fraction of sp³-hybridized carbons (Fsp3) is 0.217. The predicted molar refractivity (Wildman–Crippen MR) is 114 cm³/mol. The quantitative estimate of drug-likeness (QED) is 0.483. The van der Waals surface area contributed by atoms with E-state index in [1.54, 1.807) is 13.3 Å². The highest BCUT2D eigenvalue weighted by Crippen LogP contribution is 2.27. The van der Waals surface area contributed by atoms with Crippen LogP contribution in [0.4, 0.5) is 0 Å². The van der Waals surface area contributed by atoms with Crippen LogP contribution in [-0.2, 0) is 0 Å². The molecule has 6 nitrogen and oxygen atoms in total. The van der Waals surface area contributed by atoms with Crippen molar-refractivity contribution in [1.82, 2.24) is 9.99 Å². The molecule has 0 spiro atoms. The van der Waals surface area contributed by atoms with Crippen LogP contribution in [0.1, 0.15) is 34.2 Å². The monoisotopic (exact) mass is 391 g/mol. The van der Waals surface area contributed by atoms with Gasteiger partial charge in [0.2, 0.25) is 0 Å². The first-order chi connectivity index (χ1) is 14.0. The molecule has 0 aliphatic rings. The molecule has 3 aromatic rings. The molecule has 0 unspecified atom stereocenters. The summed E-state index contributed by atoms with van der Waals surface area (Å²) in [4.78, 5) is 12.6. The van der Waals surface area contributed by atoms with Crippen LogP contribution in [0.25, 0.3) is 5.69 Å². The van der Waals surface area contributed by atoms with Crippen LogP contribution < -0.4 is 14.9 Å². The molecular weight excluding hydrogens is 366 g/mol. The molecule has 0 radical (unpaired) electrons. The number of hydrogen-bond acceptors (Lipinski definition) is 4. The van der Waals surface area contributed by atoms with Gasteiger partial charge in [-0.15, -0.1) is 0 Å². The molecular formula is C23H25N3O3. The third-order valence-electron chi connectivity index (χ3n) is 4.56. The molecule has 0 aliphatic heterocycles. The Morgan fingerprint density at radius 3 is 2.55 bits per heavy atom. The van der Waals surface area contributed by atoms with Gasteiger partial charge in [-0.25, -0.2) is 5.43 Å². The van der Waals surface area contributed by atoms with E-state index >= 15 is 0 Å². The SMILES string of the molecule is CCOc1ccc(C=NNC(=O)c2cc(C)n(-c3ccccc3)c2C)cc1OC. The van der Waals surface area contributed by atoms with E-state index in [1.165, 1.54) is 0 Å². The first-order valence-corrected chi connectivity index (χ1v) is 9.43. The summed E-state index contributed by atoms with van der Waals surface area (Å²) >= 11 is 0. The maximum absolute atomic E-state index is 12.6. The van der Waals surface area contributed by atoms with E-state index in [9.17, 15) is 4.79 Å². The molecule has 0 atom stereocenters. The summed E-state index contributed by atoms with van der Waals surface area (Å²) in [5.74, 6) is 1.03. The van der Waals surface area contributed by atoms with Crippen molar-refractivity contribution in [3.05, 3.63) is 77.1 Å². The lowest BCUT2D eigenvalue weighted by atomic mass is 10.2. The number of hydrazone groups is 1. The minimum Gasteiger partial charge on any atom is -0.493 e. The summed E-state index contributed by atoms with van der Waals surface area (Å²) in [5.41, 5.74) is 6.86. The highest BCUT2D eigenvalue weighted by molar-refractivity contribution is 5.96. The zero-order valence-corrected chi connectivity index (χ0v) is 17.1. The van der Waals surface area contributed by atoms with Crippen LogP contribution in [0.3, 0.4) is 0 Å². The normalized spacial score (nSPS) is 10.9. The van der Waals surface area contributed by atoms with E-state index in [2.05, 4.69) is 15.1 Å². The Morgan fingerprint density at radius 2 is 1.86 bits per heavy atom. The summed E-state index contributed by atoms with van der Waals surface area (Å²) in [6, 6.07) is 17.3. The summed E-state index contributed by atoms with van der Waals surface area (Å²) in [5, 5.41) is 4.09. The average molecular weight is 391 g/mol. The smallest absolute Gasteiger partial charge is 0.273 e. The maximum Gasteiger partial charge on any atom is 0.273 e. The molecule has 1 heterocycles. The summed E-state index contributed by atoms with van der Waals surface area (Å²) < 4.78 is 12.9. The molecule has 29 heavy (non-hydrogen) atoms. The first-order valence-electron chi connectivity index (χ1n) is 9.43. The largest absolute Gasteiger partial charge is 0.493 e. The number of benzene rings is 2. The van der Waals surface area contributed by atoms with E-state index in [-0.39, 0.29) is 5.91 Å². The minimum atomic E-state index is -0.255. The number of aryl methyl sites for hydroxylation is 1. The third-order valence-corrected chi connectivity index (χ3v) is 4.56. The maximum atomic E-state index is 12.6. The second kappa shape index (κ2) is 9.10. The zero-order chi connectivity index (χ0) is 20.8. The standard InChI is InChI=1S/C23H25N3O3/c1-5-29-21-12-11-18(14-22(21)28-4)15-24-25-23(27)20-13-16(2)26(17(20)3)19-9-7-6-8-10-19/h6-15H,5H2,1-4H3,(H,25,27). The molecule has 0 aliphatic carbocycles. The van der Waals surface area contributed by atoms with Gasteiger partial charge in [-0.05, 0) is 62.7 Å². The molecule has 0 saturated heterocycles. The van der Waals surface area contributed by atoms with Crippen molar-refractivity contribution in [3.8, 4) is 17.2 Å². The molecule has 0 fully saturated rings. The number of hydrogen-bond donors (Lipinski definition) is 1. The summed E-state index contributed by atoms with van der Waals surface area (Å²) in [6.45, 7) is 6.38. The van der Waals surface area contributed by atoms with Crippen LogP contribution in [0.5, 0.6) is 11.5 Å². The zero-order valence-electron chi connectivity index (χ0n) is 17.1. The average Bonchev–Trinajstić information content (AvgIpc) is 3.03. The van der Waals surface area contributed by atoms with Gasteiger partial charge in [0.15, 0.2) is 11.5 Å². The third kappa shape index (κ3) is 4.48. The van der Waals surface area contributed by atoms with Crippen LogP contribution in [0, 0.1) is 13.8 Å². The van der Waals surface area contributed by atoms with Gasteiger partial charge in [0.25, 0.3) is 5.91 Å². The first kappa shape index (κ1) is 20.2. The van der Waals surface area contributed by atoms with E-state index < -0.39 is 0 Å². The number of carbonyl (C=O) groups is 1. The molecule has 1 amide bonds. The van der Waals surface area contributed by atoms with Crippen molar-refractivity contribution in [3.63, 3.8) is 0 Å². The second-order valence-corrected chi connectivity index (χ2v) is 6.50. The number of methoxy groups -OCH3 is 1. The minimum absolute atomic E-state index is 0.255. The Hall–Kier alpha value is -3.54. The van der Waals surface area contributed by atoms with Crippen molar-refractivity contribution in [2.75, 3.05) is 13.7 Å². The van der Waals surface area contributed by atoms with Gasteiger partial charge >= 0.3 is 0 Å². The van der Waals surface area contributed by atoms with Gasteiger partial charge in [-0.1, -0.05) is 18.2 Å². The lowest BCUT2D eigenvalue weighted by Crippen LogP contribution is -2.18. The van der Waals surface area contributed by atoms with Crippen LogP contribution >= 0.6 is 0 Å². The van der Waals surface area contributed by atoms with Gasteiger partial charge in [0.1, 0.15) is 0 Å². The van der Waals surface area contributed by atoms with Gasteiger partial charge in [-0.3, -0.25) is 4.79 Å². The van der Waals surface area contributed by atoms with E-state index in [4.69, 9.17) is 9.47 Å².